The van der Waals surface area contributed by atoms with Crippen LogP contribution in [0.4, 0.5) is 13.2 Å². The van der Waals surface area contributed by atoms with Crippen LogP contribution in [-0.2, 0) is 0 Å². The zero-order valence-electron chi connectivity index (χ0n) is 11.2. The van der Waals surface area contributed by atoms with E-state index in [1.807, 2.05) is 0 Å². The average Bonchev–Trinajstić information content (AvgIpc) is 2.86. The molecule has 1 aromatic heterocycles. The van der Waals surface area contributed by atoms with E-state index in [1.165, 1.54) is 35.6 Å². The van der Waals surface area contributed by atoms with Crippen LogP contribution in [0.15, 0.2) is 36.4 Å². The fraction of sp³-hybridized carbons (Fsp3) is 0.125. The Morgan fingerprint density at radius 2 is 1.81 bits per heavy atom. The molecule has 0 radical (unpaired) electrons. The third kappa shape index (κ3) is 2.43. The van der Waals surface area contributed by atoms with Crippen molar-refractivity contribution in [3.05, 3.63) is 69.9 Å². The molecule has 2 N–H and O–H groups in total. The minimum Gasteiger partial charge on any atom is -0.319 e. The largest absolute Gasteiger partial charge is 0.319 e. The highest BCUT2D eigenvalue weighted by Gasteiger charge is 2.21. The van der Waals surface area contributed by atoms with Gasteiger partial charge in [0.05, 0.1) is 6.04 Å². The van der Waals surface area contributed by atoms with E-state index >= 15 is 0 Å². The molecule has 2 aromatic carbocycles. The molecular formula is C16H12F3NS. The van der Waals surface area contributed by atoms with Crippen molar-refractivity contribution in [3.8, 4) is 0 Å². The highest BCUT2D eigenvalue weighted by molar-refractivity contribution is 7.19. The average molecular weight is 307 g/mol. The van der Waals surface area contributed by atoms with Crippen molar-refractivity contribution >= 4 is 21.4 Å². The molecule has 0 bridgehead atoms. The Balaban J connectivity index is 2.12. The molecule has 0 aliphatic rings. The summed E-state index contributed by atoms with van der Waals surface area (Å²) in [5.41, 5.74) is 6.22. The lowest BCUT2D eigenvalue weighted by atomic mass is 10.0. The van der Waals surface area contributed by atoms with Gasteiger partial charge in [-0.3, -0.25) is 0 Å². The van der Waals surface area contributed by atoms with Gasteiger partial charge in [0.2, 0.25) is 0 Å². The predicted molar refractivity (Wildman–Crippen MR) is 78.9 cm³/mol. The van der Waals surface area contributed by atoms with E-state index in [1.54, 1.807) is 19.1 Å². The van der Waals surface area contributed by atoms with Gasteiger partial charge in [-0.15, -0.1) is 11.3 Å². The van der Waals surface area contributed by atoms with Crippen LogP contribution in [0.1, 0.15) is 22.0 Å². The van der Waals surface area contributed by atoms with Crippen molar-refractivity contribution in [1.82, 2.24) is 0 Å². The molecule has 1 unspecified atom stereocenters. The van der Waals surface area contributed by atoms with Crippen LogP contribution in [0, 0.1) is 24.4 Å². The topological polar surface area (TPSA) is 26.0 Å². The zero-order chi connectivity index (χ0) is 15.1. The number of hydrogen-bond acceptors (Lipinski definition) is 2. The number of fused-ring (bicyclic) bond motifs is 1. The Bertz CT molecular complexity index is 826. The van der Waals surface area contributed by atoms with Crippen molar-refractivity contribution in [2.75, 3.05) is 0 Å². The molecule has 108 valence electrons. The monoisotopic (exact) mass is 307 g/mol. The summed E-state index contributed by atoms with van der Waals surface area (Å²) in [5.74, 6) is -1.65. The minimum atomic E-state index is -0.912. The smallest absolute Gasteiger partial charge is 0.134 e. The molecule has 1 nitrogen and oxygen atoms in total. The second-order valence-electron chi connectivity index (χ2n) is 4.90. The summed E-state index contributed by atoms with van der Waals surface area (Å²) in [4.78, 5) is 0.596. The molecule has 0 saturated carbocycles. The number of hydrogen-bond donors (Lipinski definition) is 1. The van der Waals surface area contributed by atoms with Gasteiger partial charge in [0.15, 0.2) is 0 Å². The molecule has 3 rings (SSSR count). The number of nitrogens with two attached hydrogens (primary N) is 1. The Labute approximate surface area is 123 Å². The molecule has 5 heteroatoms. The van der Waals surface area contributed by atoms with E-state index in [9.17, 15) is 13.2 Å². The van der Waals surface area contributed by atoms with Crippen LogP contribution in [-0.4, -0.2) is 0 Å². The molecule has 21 heavy (non-hydrogen) atoms. The summed E-state index contributed by atoms with van der Waals surface area (Å²) in [6.07, 6.45) is 0. The molecule has 0 saturated heterocycles. The molecule has 0 aliphatic heterocycles. The SMILES string of the molecule is Cc1ccc(F)c(C(N)c2cc3ccc(F)cc3s2)c1F. The van der Waals surface area contributed by atoms with Gasteiger partial charge >= 0.3 is 0 Å². The molecule has 3 aromatic rings. The fourth-order valence-electron chi connectivity index (χ4n) is 2.28. The molecule has 0 aliphatic carbocycles. The first-order valence-electron chi connectivity index (χ1n) is 6.36. The Morgan fingerprint density at radius 3 is 2.57 bits per heavy atom. The fourth-order valence-corrected chi connectivity index (χ4v) is 3.39. The number of rotatable bonds is 2. The molecule has 1 atom stereocenters. The Kier molecular flexibility index (Phi) is 3.47. The van der Waals surface area contributed by atoms with Crippen molar-refractivity contribution in [1.29, 1.82) is 0 Å². The van der Waals surface area contributed by atoms with E-state index in [4.69, 9.17) is 5.73 Å². The van der Waals surface area contributed by atoms with Gasteiger partial charge in [0, 0.05) is 15.1 Å². The van der Waals surface area contributed by atoms with Crippen molar-refractivity contribution in [3.63, 3.8) is 0 Å². The third-order valence-electron chi connectivity index (χ3n) is 3.44. The normalized spacial score (nSPS) is 12.8. The van der Waals surface area contributed by atoms with Gasteiger partial charge in [-0.25, -0.2) is 13.2 Å². The van der Waals surface area contributed by atoms with Crippen molar-refractivity contribution in [2.24, 2.45) is 5.73 Å². The van der Waals surface area contributed by atoms with Crippen LogP contribution in [0.5, 0.6) is 0 Å². The lowest BCUT2D eigenvalue weighted by Crippen LogP contribution is -2.15. The van der Waals surface area contributed by atoms with Crippen molar-refractivity contribution in [2.45, 2.75) is 13.0 Å². The first kappa shape index (κ1) is 14.1. The summed E-state index contributed by atoms with van der Waals surface area (Å²) in [5, 5.41) is 0.806. The minimum absolute atomic E-state index is 0.151. The summed E-state index contributed by atoms with van der Waals surface area (Å²) in [7, 11) is 0. The first-order chi connectivity index (χ1) is 9.97. The van der Waals surface area contributed by atoms with E-state index in [-0.39, 0.29) is 11.4 Å². The lowest BCUT2D eigenvalue weighted by Gasteiger charge is -2.13. The van der Waals surface area contributed by atoms with Crippen LogP contribution >= 0.6 is 11.3 Å². The molecule has 1 heterocycles. The Hall–Kier alpha value is -1.85. The maximum Gasteiger partial charge on any atom is 0.134 e. The maximum atomic E-state index is 14.1. The maximum absolute atomic E-state index is 14.1. The van der Waals surface area contributed by atoms with Gasteiger partial charge in [-0.1, -0.05) is 12.1 Å². The molecule has 0 amide bonds. The number of benzene rings is 2. The number of thiophene rings is 1. The molecule has 0 spiro atoms. The van der Waals surface area contributed by atoms with Crippen LogP contribution < -0.4 is 5.73 Å². The Morgan fingerprint density at radius 1 is 1.05 bits per heavy atom. The summed E-state index contributed by atoms with van der Waals surface area (Å²) in [6.45, 7) is 1.56. The summed E-state index contributed by atoms with van der Waals surface area (Å²) < 4.78 is 42.0. The predicted octanol–water partition coefficient (Wildman–Crippen LogP) is 4.68. The van der Waals surface area contributed by atoms with Gasteiger partial charge in [-0.05, 0) is 42.1 Å². The van der Waals surface area contributed by atoms with Gasteiger partial charge in [0.25, 0.3) is 0 Å². The van der Waals surface area contributed by atoms with Crippen LogP contribution in [0.2, 0.25) is 0 Å². The zero-order valence-corrected chi connectivity index (χ0v) is 12.0. The van der Waals surface area contributed by atoms with Gasteiger partial charge in [-0.2, -0.15) is 0 Å². The van der Waals surface area contributed by atoms with Gasteiger partial charge < -0.3 is 5.73 Å². The summed E-state index contributed by atoms with van der Waals surface area (Å²) >= 11 is 1.24. The highest BCUT2D eigenvalue weighted by Crippen LogP contribution is 2.34. The second-order valence-corrected chi connectivity index (χ2v) is 6.02. The first-order valence-corrected chi connectivity index (χ1v) is 7.18. The molecule has 0 fully saturated rings. The van der Waals surface area contributed by atoms with E-state index in [0.717, 1.165) is 5.39 Å². The van der Waals surface area contributed by atoms with Crippen LogP contribution in [0.25, 0.3) is 10.1 Å². The number of aryl methyl sites for hydroxylation is 1. The molecular weight excluding hydrogens is 295 g/mol. The summed E-state index contributed by atoms with van der Waals surface area (Å²) in [6, 6.07) is 7.77. The van der Waals surface area contributed by atoms with E-state index < -0.39 is 17.7 Å². The number of halogens is 3. The van der Waals surface area contributed by atoms with Gasteiger partial charge in [0.1, 0.15) is 17.5 Å². The highest BCUT2D eigenvalue weighted by atomic mass is 32.1. The van der Waals surface area contributed by atoms with E-state index in [0.29, 0.717) is 15.1 Å². The third-order valence-corrected chi connectivity index (χ3v) is 4.62. The lowest BCUT2D eigenvalue weighted by molar-refractivity contribution is 0.539. The quantitative estimate of drug-likeness (QED) is 0.731. The van der Waals surface area contributed by atoms with Crippen LogP contribution in [0.3, 0.4) is 0 Å². The second kappa shape index (κ2) is 5.16. The van der Waals surface area contributed by atoms with E-state index in [2.05, 4.69) is 0 Å². The van der Waals surface area contributed by atoms with Crippen molar-refractivity contribution < 1.29 is 13.2 Å². The standard InChI is InChI=1S/C16H12F3NS/c1-8-2-5-11(18)14(15(8)19)16(20)13-6-9-3-4-10(17)7-12(9)21-13/h2-7,16H,20H2,1H3.